The summed E-state index contributed by atoms with van der Waals surface area (Å²) in [6.07, 6.45) is 5.22. The molecule has 1 heterocycles. The maximum atomic E-state index is 11.7. The molecule has 0 spiro atoms. The van der Waals surface area contributed by atoms with Gasteiger partial charge in [-0.25, -0.2) is 0 Å². The molecule has 1 unspecified atom stereocenters. The van der Waals surface area contributed by atoms with Crippen LogP contribution in [0.15, 0.2) is 0 Å². The van der Waals surface area contributed by atoms with Gasteiger partial charge in [0.05, 0.1) is 6.04 Å². The minimum atomic E-state index is -0.348. The highest BCUT2D eigenvalue weighted by Gasteiger charge is 2.23. The van der Waals surface area contributed by atoms with Crippen LogP contribution in [0.3, 0.4) is 0 Å². The van der Waals surface area contributed by atoms with Gasteiger partial charge in [0.2, 0.25) is 5.91 Å². The topological polar surface area (TPSA) is 58.4 Å². The van der Waals surface area contributed by atoms with Gasteiger partial charge in [-0.15, -0.1) is 0 Å². The van der Waals surface area contributed by atoms with Crippen molar-refractivity contribution in [3.63, 3.8) is 0 Å². The van der Waals surface area contributed by atoms with Crippen LogP contribution in [-0.2, 0) is 4.79 Å². The zero-order valence-electron chi connectivity index (χ0n) is 10.9. The lowest BCUT2D eigenvalue weighted by atomic mass is 10.2. The molecule has 0 aromatic rings. The van der Waals surface area contributed by atoms with Gasteiger partial charge >= 0.3 is 0 Å². The molecule has 0 radical (unpaired) electrons. The molecule has 100 valence electrons. The van der Waals surface area contributed by atoms with Crippen LogP contribution >= 0.6 is 11.8 Å². The van der Waals surface area contributed by atoms with E-state index in [0.717, 1.165) is 31.8 Å². The van der Waals surface area contributed by atoms with Crippen LogP contribution in [-0.4, -0.2) is 54.5 Å². The summed E-state index contributed by atoms with van der Waals surface area (Å²) in [7, 11) is 0. The van der Waals surface area contributed by atoms with E-state index in [-0.39, 0.29) is 11.9 Å². The highest BCUT2D eigenvalue weighted by atomic mass is 32.2. The summed E-state index contributed by atoms with van der Waals surface area (Å²) in [5.74, 6) is 0.945. The van der Waals surface area contributed by atoms with Crippen molar-refractivity contribution >= 4 is 17.7 Å². The quantitative estimate of drug-likeness (QED) is 0.705. The predicted octanol–water partition coefficient (Wildman–Crippen LogP) is 0.667. The van der Waals surface area contributed by atoms with Crippen LogP contribution in [0.5, 0.6) is 0 Å². The number of rotatable bonds is 7. The Labute approximate surface area is 109 Å². The number of likely N-dealkylation sites (tertiary alicyclic amines) is 1. The molecule has 2 atom stereocenters. The lowest BCUT2D eigenvalue weighted by Gasteiger charge is -2.23. The number of hydrogen-bond acceptors (Lipinski definition) is 4. The summed E-state index contributed by atoms with van der Waals surface area (Å²) in [5.41, 5.74) is 5.82. The summed E-state index contributed by atoms with van der Waals surface area (Å²) < 4.78 is 0. The fourth-order valence-electron chi connectivity index (χ4n) is 2.27. The smallest absolute Gasteiger partial charge is 0.237 e. The summed E-state index contributed by atoms with van der Waals surface area (Å²) in [6.45, 7) is 5.15. The fourth-order valence-corrected chi connectivity index (χ4v) is 2.76. The molecule has 3 N–H and O–H groups in total. The van der Waals surface area contributed by atoms with Gasteiger partial charge in [0.25, 0.3) is 0 Å². The van der Waals surface area contributed by atoms with E-state index >= 15 is 0 Å². The minimum absolute atomic E-state index is 0.00185. The molecule has 0 aromatic heterocycles. The average molecular weight is 259 g/mol. The second-order valence-corrected chi connectivity index (χ2v) is 5.54. The molecule has 1 amide bonds. The second kappa shape index (κ2) is 7.95. The van der Waals surface area contributed by atoms with E-state index in [1.807, 2.05) is 6.26 Å². The zero-order valence-corrected chi connectivity index (χ0v) is 11.8. The Kier molecular flexibility index (Phi) is 6.92. The number of nitrogens with one attached hydrogen (secondary N) is 1. The Morgan fingerprint density at radius 3 is 3.06 bits per heavy atom. The van der Waals surface area contributed by atoms with Gasteiger partial charge in [0.15, 0.2) is 0 Å². The maximum absolute atomic E-state index is 11.7. The highest BCUT2D eigenvalue weighted by Crippen LogP contribution is 2.15. The highest BCUT2D eigenvalue weighted by molar-refractivity contribution is 7.98. The minimum Gasteiger partial charge on any atom is -0.353 e. The Morgan fingerprint density at radius 2 is 2.41 bits per heavy atom. The SMILES string of the molecule is CCN1CCCC1CNC(=O)[C@@H](N)CCSC. The van der Waals surface area contributed by atoms with Crippen molar-refractivity contribution in [3.8, 4) is 0 Å². The summed E-state index contributed by atoms with van der Waals surface area (Å²) >= 11 is 1.73. The van der Waals surface area contributed by atoms with Gasteiger partial charge in [-0.2, -0.15) is 11.8 Å². The van der Waals surface area contributed by atoms with Crippen molar-refractivity contribution in [2.24, 2.45) is 5.73 Å². The van der Waals surface area contributed by atoms with E-state index in [1.54, 1.807) is 11.8 Å². The maximum Gasteiger partial charge on any atom is 0.237 e. The van der Waals surface area contributed by atoms with Gasteiger partial charge < -0.3 is 11.1 Å². The Bertz CT molecular complexity index is 238. The van der Waals surface area contributed by atoms with Gasteiger partial charge in [-0.05, 0) is 44.4 Å². The van der Waals surface area contributed by atoms with Crippen molar-refractivity contribution < 1.29 is 4.79 Å². The summed E-state index contributed by atoms with van der Waals surface area (Å²) in [6, 6.07) is 0.163. The first kappa shape index (κ1) is 14.8. The zero-order chi connectivity index (χ0) is 12.7. The Balaban J connectivity index is 2.22. The van der Waals surface area contributed by atoms with Crippen LogP contribution in [0.4, 0.5) is 0 Å². The molecule has 0 aromatic carbocycles. The molecule has 5 heteroatoms. The van der Waals surface area contributed by atoms with Gasteiger partial charge in [-0.1, -0.05) is 6.92 Å². The van der Waals surface area contributed by atoms with Crippen LogP contribution in [0.25, 0.3) is 0 Å². The first-order chi connectivity index (χ1) is 8.19. The molecular formula is C12H25N3OS. The van der Waals surface area contributed by atoms with E-state index in [4.69, 9.17) is 5.73 Å². The molecule has 0 aliphatic carbocycles. The van der Waals surface area contributed by atoms with E-state index in [9.17, 15) is 4.79 Å². The van der Waals surface area contributed by atoms with Crippen molar-refractivity contribution in [1.82, 2.24) is 10.2 Å². The molecule has 1 fully saturated rings. The van der Waals surface area contributed by atoms with Crippen molar-refractivity contribution in [2.45, 2.75) is 38.3 Å². The molecule has 17 heavy (non-hydrogen) atoms. The van der Waals surface area contributed by atoms with Crippen LogP contribution in [0, 0.1) is 0 Å². The number of carbonyl (C=O) groups is 1. The molecule has 1 aliphatic heterocycles. The Morgan fingerprint density at radius 1 is 1.65 bits per heavy atom. The third-order valence-electron chi connectivity index (χ3n) is 3.39. The van der Waals surface area contributed by atoms with Crippen LogP contribution in [0.1, 0.15) is 26.2 Å². The van der Waals surface area contributed by atoms with Crippen LogP contribution in [0.2, 0.25) is 0 Å². The Hall–Kier alpha value is -0.260. The molecule has 1 saturated heterocycles. The largest absolute Gasteiger partial charge is 0.353 e. The second-order valence-electron chi connectivity index (χ2n) is 4.56. The standard InChI is InChI=1S/C12H25N3OS/c1-3-15-7-4-5-10(15)9-14-12(16)11(13)6-8-17-2/h10-11H,3-9,13H2,1-2H3,(H,14,16)/t10?,11-/m0/s1. The van der Waals surface area contributed by atoms with Gasteiger partial charge in [-0.3, -0.25) is 9.69 Å². The van der Waals surface area contributed by atoms with E-state index in [0.29, 0.717) is 6.04 Å². The number of likely N-dealkylation sites (N-methyl/N-ethyl adjacent to an activating group) is 1. The van der Waals surface area contributed by atoms with E-state index in [2.05, 4.69) is 17.1 Å². The number of nitrogens with two attached hydrogens (primary N) is 1. The molecule has 0 saturated carbocycles. The molecular weight excluding hydrogens is 234 g/mol. The van der Waals surface area contributed by atoms with E-state index < -0.39 is 0 Å². The number of nitrogens with zero attached hydrogens (tertiary/aromatic N) is 1. The fraction of sp³-hybridized carbons (Fsp3) is 0.917. The average Bonchev–Trinajstić information content (AvgIpc) is 2.80. The predicted molar refractivity (Wildman–Crippen MR) is 74.3 cm³/mol. The normalized spacial score (nSPS) is 22.6. The lowest BCUT2D eigenvalue weighted by Crippen LogP contribution is -2.46. The van der Waals surface area contributed by atoms with Gasteiger partial charge in [0.1, 0.15) is 0 Å². The lowest BCUT2D eigenvalue weighted by molar-refractivity contribution is -0.122. The number of hydrogen-bond donors (Lipinski definition) is 2. The van der Waals surface area contributed by atoms with Crippen molar-refractivity contribution in [3.05, 3.63) is 0 Å². The third kappa shape index (κ3) is 4.85. The monoisotopic (exact) mass is 259 g/mol. The molecule has 1 aliphatic rings. The van der Waals surface area contributed by atoms with Gasteiger partial charge in [0, 0.05) is 12.6 Å². The van der Waals surface area contributed by atoms with Crippen molar-refractivity contribution in [2.75, 3.05) is 31.6 Å². The molecule has 0 bridgehead atoms. The number of carbonyl (C=O) groups excluding carboxylic acids is 1. The summed E-state index contributed by atoms with van der Waals surface area (Å²) in [5, 5.41) is 2.98. The summed E-state index contributed by atoms with van der Waals surface area (Å²) in [4.78, 5) is 14.2. The van der Waals surface area contributed by atoms with E-state index in [1.165, 1.54) is 12.8 Å². The first-order valence-corrected chi connectivity index (χ1v) is 7.84. The first-order valence-electron chi connectivity index (χ1n) is 6.45. The number of thioether (sulfide) groups is 1. The molecule has 4 nitrogen and oxygen atoms in total. The third-order valence-corrected chi connectivity index (χ3v) is 4.03. The van der Waals surface area contributed by atoms with Crippen LogP contribution < -0.4 is 11.1 Å². The molecule has 1 rings (SSSR count). The number of amides is 1. The van der Waals surface area contributed by atoms with Crippen molar-refractivity contribution in [1.29, 1.82) is 0 Å².